The predicted octanol–water partition coefficient (Wildman–Crippen LogP) is 4.30. The van der Waals surface area contributed by atoms with Gasteiger partial charge >= 0.3 is 0 Å². The first-order valence-electron chi connectivity index (χ1n) is 6.07. The summed E-state index contributed by atoms with van der Waals surface area (Å²) in [5, 5.41) is 19.4. The number of aromatic amines is 1. The molecule has 3 rings (SSSR count). The zero-order valence-electron chi connectivity index (χ0n) is 10.5. The van der Waals surface area contributed by atoms with E-state index in [4.69, 9.17) is 0 Å². The molecule has 0 saturated heterocycles. The van der Waals surface area contributed by atoms with Crippen molar-refractivity contribution in [3.63, 3.8) is 0 Å². The summed E-state index contributed by atoms with van der Waals surface area (Å²) in [7, 11) is 0. The number of nitrogens with zero attached hydrogens (tertiary/aromatic N) is 2. The summed E-state index contributed by atoms with van der Waals surface area (Å²) in [5.74, 6) is 0.810. The largest absolute Gasteiger partial charge is 0.274 e. The lowest BCUT2D eigenvalue weighted by atomic mass is 10.2. The number of aromatic nitrogens is 2. The standard InChI is InChI=1S/C15H11N3S2/c16-9-12-14(13-7-4-8-19-13)17-18-15(12)20-10-11-5-2-1-3-6-11/h1-8H,10H2,(H,17,18). The van der Waals surface area contributed by atoms with E-state index in [1.54, 1.807) is 23.1 Å². The average molecular weight is 297 g/mol. The van der Waals surface area contributed by atoms with Gasteiger partial charge in [-0.1, -0.05) is 48.2 Å². The van der Waals surface area contributed by atoms with Crippen LogP contribution >= 0.6 is 23.1 Å². The van der Waals surface area contributed by atoms with Gasteiger partial charge in [-0.2, -0.15) is 10.4 Å². The van der Waals surface area contributed by atoms with Gasteiger partial charge < -0.3 is 0 Å². The van der Waals surface area contributed by atoms with Crippen molar-refractivity contribution in [2.45, 2.75) is 10.8 Å². The van der Waals surface area contributed by atoms with Crippen molar-refractivity contribution in [1.29, 1.82) is 5.26 Å². The van der Waals surface area contributed by atoms with E-state index < -0.39 is 0 Å². The van der Waals surface area contributed by atoms with Crippen molar-refractivity contribution in [3.8, 4) is 16.6 Å². The molecule has 0 aliphatic rings. The molecular weight excluding hydrogens is 286 g/mol. The van der Waals surface area contributed by atoms with Crippen LogP contribution in [0.15, 0.2) is 52.9 Å². The second-order valence-corrected chi connectivity index (χ2v) is 6.05. The van der Waals surface area contributed by atoms with Gasteiger partial charge in [0.25, 0.3) is 0 Å². The highest BCUT2D eigenvalue weighted by molar-refractivity contribution is 7.98. The second-order valence-electron chi connectivity index (χ2n) is 4.14. The van der Waals surface area contributed by atoms with Crippen LogP contribution in [0.5, 0.6) is 0 Å². The number of H-pyrrole nitrogens is 1. The third-order valence-electron chi connectivity index (χ3n) is 2.83. The molecule has 3 nitrogen and oxygen atoms in total. The normalized spacial score (nSPS) is 10.3. The highest BCUT2D eigenvalue weighted by atomic mass is 32.2. The lowest BCUT2D eigenvalue weighted by Crippen LogP contribution is -1.82. The maximum atomic E-state index is 9.37. The van der Waals surface area contributed by atoms with Gasteiger partial charge in [0.15, 0.2) is 0 Å². The van der Waals surface area contributed by atoms with E-state index in [2.05, 4.69) is 28.4 Å². The zero-order chi connectivity index (χ0) is 13.8. The molecule has 0 unspecified atom stereocenters. The first-order chi connectivity index (χ1) is 9.88. The summed E-state index contributed by atoms with van der Waals surface area (Å²) >= 11 is 3.18. The Labute approximate surface area is 125 Å². The molecule has 1 aromatic carbocycles. The van der Waals surface area contributed by atoms with Crippen LogP contribution in [-0.2, 0) is 5.75 Å². The van der Waals surface area contributed by atoms with Crippen LogP contribution in [0.3, 0.4) is 0 Å². The fraction of sp³-hybridized carbons (Fsp3) is 0.0667. The number of rotatable bonds is 4. The summed E-state index contributed by atoms with van der Waals surface area (Å²) in [5.41, 5.74) is 2.67. The Balaban J connectivity index is 1.83. The number of hydrogen-bond donors (Lipinski definition) is 1. The topological polar surface area (TPSA) is 52.5 Å². The van der Waals surface area contributed by atoms with Crippen LogP contribution in [-0.4, -0.2) is 10.2 Å². The quantitative estimate of drug-likeness (QED) is 0.730. The van der Waals surface area contributed by atoms with Gasteiger partial charge in [-0.25, -0.2) is 0 Å². The Morgan fingerprint density at radius 2 is 2.05 bits per heavy atom. The minimum atomic E-state index is 0.633. The average Bonchev–Trinajstić information content (AvgIpc) is 3.14. The van der Waals surface area contributed by atoms with E-state index in [0.29, 0.717) is 5.56 Å². The van der Waals surface area contributed by atoms with Gasteiger partial charge in [0.1, 0.15) is 16.7 Å². The van der Waals surface area contributed by atoms with E-state index in [1.807, 2.05) is 35.7 Å². The number of thioether (sulfide) groups is 1. The summed E-state index contributed by atoms with van der Waals surface area (Å²) in [6.07, 6.45) is 0. The fourth-order valence-electron chi connectivity index (χ4n) is 1.86. The molecule has 0 spiro atoms. The molecule has 0 bridgehead atoms. The molecule has 3 aromatic rings. The van der Waals surface area contributed by atoms with E-state index in [1.165, 1.54) is 5.56 Å². The number of nitrogens with one attached hydrogen (secondary N) is 1. The molecule has 0 saturated carbocycles. The maximum Gasteiger partial charge on any atom is 0.137 e. The molecule has 0 aliphatic heterocycles. The predicted molar refractivity (Wildman–Crippen MR) is 82.6 cm³/mol. The van der Waals surface area contributed by atoms with Gasteiger partial charge in [0.05, 0.1) is 10.6 Å². The van der Waals surface area contributed by atoms with E-state index in [0.717, 1.165) is 21.3 Å². The molecule has 2 heterocycles. The van der Waals surface area contributed by atoms with Gasteiger partial charge in [0.2, 0.25) is 0 Å². The van der Waals surface area contributed by atoms with Crippen molar-refractivity contribution in [1.82, 2.24) is 10.2 Å². The molecule has 1 N–H and O–H groups in total. The summed E-state index contributed by atoms with van der Waals surface area (Å²) in [6.45, 7) is 0. The smallest absolute Gasteiger partial charge is 0.137 e. The molecule has 0 radical (unpaired) electrons. The third-order valence-corrected chi connectivity index (χ3v) is 4.76. The number of hydrogen-bond acceptors (Lipinski definition) is 4. The van der Waals surface area contributed by atoms with Gasteiger partial charge in [-0.15, -0.1) is 11.3 Å². The van der Waals surface area contributed by atoms with Crippen LogP contribution in [0.2, 0.25) is 0 Å². The molecule has 0 fully saturated rings. The number of thiophene rings is 1. The van der Waals surface area contributed by atoms with E-state index in [-0.39, 0.29) is 0 Å². The van der Waals surface area contributed by atoms with Crippen molar-refractivity contribution in [2.75, 3.05) is 0 Å². The van der Waals surface area contributed by atoms with Gasteiger partial charge in [0, 0.05) is 5.75 Å². The first-order valence-corrected chi connectivity index (χ1v) is 7.94. The van der Waals surface area contributed by atoms with Crippen molar-refractivity contribution < 1.29 is 0 Å². The monoisotopic (exact) mass is 297 g/mol. The molecule has 0 atom stereocenters. The minimum Gasteiger partial charge on any atom is -0.274 e. The molecule has 2 aromatic heterocycles. The summed E-state index contributed by atoms with van der Waals surface area (Å²) in [6, 6.07) is 16.4. The third kappa shape index (κ3) is 2.62. The Morgan fingerprint density at radius 1 is 1.20 bits per heavy atom. The molecule has 20 heavy (non-hydrogen) atoms. The van der Waals surface area contributed by atoms with E-state index in [9.17, 15) is 5.26 Å². The Morgan fingerprint density at radius 3 is 2.75 bits per heavy atom. The SMILES string of the molecule is N#Cc1c(SCc2ccccc2)n[nH]c1-c1cccs1. The fourth-order valence-corrected chi connectivity index (χ4v) is 3.48. The van der Waals surface area contributed by atoms with Crippen LogP contribution in [0.25, 0.3) is 10.6 Å². The Hall–Kier alpha value is -2.03. The Bertz CT molecular complexity index is 724. The van der Waals surface area contributed by atoms with Crippen molar-refractivity contribution in [2.24, 2.45) is 0 Å². The van der Waals surface area contributed by atoms with Crippen LogP contribution in [0, 0.1) is 11.3 Å². The molecule has 5 heteroatoms. The first kappa shape index (κ1) is 13.0. The van der Waals surface area contributed by atoms with Crippen LogP contribution in [0.1, 0.15) is 11.1 Å². The minimum absolute atomic E-state index is 0.633. The lowest BCUT2D eigenvalue weighted by Gasteiger charge is -1.99. The lowest BCUT2D eigenvalue weighted by molar-refractivity contribution is 1.00. The molecule has 0 aliphatic carbocycles. The second kappa shape index (κ2) is 5.95. The van der Waals surface area contributed by atoms with Crippen LogP contribution < -0.4 is 0 Å². The maximum absolute atomic E-state index is 9.37. The highest BCUT2D eigenvalue weighted by Gasteiger charge is 2.15. The molecule has 0 amide bonds. The molecular formula is C15H11N3S2. The van der Waals surface area contributed by atoms with Crippen molar-refractivity contribution >= 4 is 23.1 Å². The number of nitriles is 1. The van der Waals surface area contributed by atoms with E-state index >= 15 is 0 Å². The Kier molecular flexibility index (Phi) is 3.86. The van der Waals surface area contributed by atoms with Gasteiger partial charge in [-0.05, 0) is 17.0 Å². The van der Waals surface area contributed by atoms with Crippen molar-refractivity contribution in [3.05, 3.63) is 59.0 Å². The van der Waals surface area contributed by atoms with Gasteiger partial charge in [-0.3, -0.25) is 5.10 Å². The molecule has 98 valence electrons. The summed E-state index contributed by atoms with van der Waals surface area (Å²) in [4.78, 5) is 1.04. The zero-order valence-corrected chi connectivity index (χ0v) is 12.2. The van der Waals surface area contributed by atoms with Crippen LogP contribution in [0.4, 0.5) is 0 Å². The summed E-state index contributed by atoms with van der Waals surface area (Å²) < 4.78 is 0. The highest BCUT2D eigenvalue weighted by Crippen LogP contribution is 2.32. The number of benzene rings is 1.